The first-order valence-electron chi connectivity index (χ1n) is 3.44. The molecule has 0 bridgehead atoms. The van der Waals surface area contributed by atoms with Crippen LogP contribution < -0.4 is 0 Å². The number of hydrogen-bond acceptors (Lipinski definition) is 4. The van der Waals surface area contributed by atoms with Crippen molar-refractivity contribution in [3.8, 4) is 0 Å². The van der Waals surface area contributed by atoms with E-state index >= 15 is 0 Å². The van der Waals surface area contributed by atoms with Crippen LogP contribution in [0.3, 0.4) is 0 Å². The van der Waals surface area contributed by atoms with Crippen molar-refractivity contribution in [2.45, 2.75) is 11.9 Å². The molecule has 4 nitrogen and oxygen atoms in total. The Morgan fingerprint density at radius 1 is 1.58 bits per heavy atom. The van der Waals surface area contributed by atoms with E-state index in [4.69, 9.17) is 5.11 Å². The van der Waals surface area contributed by atoms with Gasteiger partial charge in [-0.1, -0.05) is 6.92 Å². The number of rotatable bonds is 3. The van der Waals surface area contributed by atoms with Crippen molar-refractivity contribution in [1.29, 1.82) is 0 Å². The summed E-state index contributed by atoms with van der Waals surface area (Å²) in [5, 5.41) is 16.5. The number of nitrogens with zero attached hydrogens (tertiary/aromatic N) is 2. The van der Waals surface area contributed by atoms with Crippen LogP contribution in [0.15, 0.2) is 17.2 Å². The van der Waals surface area contributed by atoms with Crippen molar-refractivity contribution in [1.82, 2.24) is 10.2 Å². The predicted molar refractivity (Wildman–Crippen MR) is 45.4 cm³/mol. The van der Waals surface area contributed by atoms with Crippen molar-refractivity contribution >= 4 is 17.7 Å². The SMILES string of the molecule is CCSc1ccc(C(=O)O)nn1. The minimum Gasteiger partial charge on any atom is -0.476 e. The molecule has 1 rings (SSSR count). The van der Waals surface area contributed by atoms with Crippen molar-refractivity contribution < 1.29 is 9.90 Å². The number of carboxylic acid groups (broad SMARTS) is 1. The Morgan fingerprint density at radius 3 is 2.75 bits per heavy atom. The van der Waals surface area contributed by atoms with E-state index in [0.717, 1.165) is 10.8 Å². The molecule has 0 amide bonds. The van der Waals surface area contributed by atoms with E-state index in [9.17, 15) is 4.79 Å². The summed E-state index contributed by atoms with van der Waals surface area (Å²) in [4.78, 5) is 10.4. The van der Waals surface area contributed by atoms with Crippen LogP contribution in [0.4, 0.5) is 0 Å². The maximum Gasteiger partial charge on any atom is 0.356 e. The molecule has 0 saturated carbocycles. The van der Waals surface area contributed by atoms with Crippen LogP contribution in [-0.2, 0) is 0 Å². The van der Waals surface area contributed by atoms with Crippen LogP contribution in [0.25, 0.3) is 0 Å². The zero-order valence-electron chi connectivity index (χ0n) is 6.52. The molecular formula is C7H8N2O2S. The molecule has 1 aromatic rings. The molecule has 0 fully saturated rings. The molecular weight excluding hydrogens is 176 g/mol. The van der Waals surface area contributed by atoms with Gasteiger partial charge in [0.1, 0.15) is 5.03 Å². The average molecular weight is 184 g/mol. The molecule has 64 valence electrons. The topological polar surface area (TPSA) is 63.1 Å². The number of carboxylic acids is 1. The lowest BCUT2D eigenvalue weighted by Crippen LogP contribution is -2.01. The Hall–Kier alpha value is -1.10. The molecule has 0 unspecified atom stereocenters. The van der Waals surface area contributed by atoms with Crippen LogP contribution in [-0.4, -0.2) is 27.0 Å². The lowest BCUT2D eigenvalue weighted by molar-refractivity contribution is 0.0689. The smallest absolute Gasteiger partial charge is 0.356 e. The van der Waals surface area contributed by atoms with Gasteiger partial charge in [0.25, 0.3) is 0 Å². The maximum absolute atomic E-state index is 10.4. The van der Waals surface area contributed by atoms with Crippen LogP contribution in [0.5, 0.6) is 0 Å². The molecule has 0 aliphatic heterocycles. The highest BCUT2D eigenvalue weighted by molar-refractivity contribution is 7.99. The monoisotopic (exact) mass is 184 g/mol. The van der Waals surface area contributed by atoms with Crippen LogP contribution in [0.1, 0.15) is 17.4 Å². The summed E-state index contributed by atoms with van der Waals surface area (Å²) < 4.78 is 0. The zero-order chi connectivity index (χ0) is 8.97. The second-order valence-corrected chi connectivity index (χ2v) is 3.28. The second-order valence-electron chi connectivity index (χ2n) is 1.99. The van der Waals surface area contributed by atoms with Crippen LogP contribution in [0, 0.1) is 0 Å². The summed E-state index contributed by atoms with van der Waals surface area (Å²) in [6.07, 6.45) is 0. The van der Waals surface area contributed by atoms with Crippen molar-refractivity contribution in [3.05, 3.63) is 17.8 Å². The molecule has 1 N–H and O–H groups in total. The van der Waals surface area contributed by atoms with Gasteiger partial charge in [-0.05, 0) is 17.9 Å². The third kappa shape index (κ3) is 2.20. The van der Waals surface area contributed by atoms with E-state index in [1.807, 2.05) is 6.92 Å². The molecule has 0 spiro atoms. The molecule has 0 atom stereocenters. The number of thioether (sulfide) groups is 1. The summed E-state index contributed by atoms with van der Waals surface area (Å²) in [5.41, 5.74) is -0.0181. The highest BCUT2D eigenvalue weighted by Crippen LogP contribution is 2.12. The maximum atomic E-state index is 10.4. The molecule has 0 radical (unpaired) electrons. The molecule has 0 saturated heterocycles. The molecule has 12 heavy (non-hydrogen) atoms. The lowest BCUT2D eigenvalue weighted by atomic mass is 10.4. The number of hydrogen-bond donors (Lipinski definition) is 1. The molecule has 1 heterocycles. The normalized spacial score (nSPS) is 9.75. The van der Waals surface area contributed by atoms with E-state index in [1.165, 1.54) is 17.8 Å². The van der Waals surface area contributed by atoms with E-state index in [-0.39, 0.29) is 5.69 Å². The predicted octanol–water partition coefficient (Wildman–Crippen LogP) is 1.29. The second kappa shape index (κ2) is 4.06. The third-order valence-electron chi connectivity index (χ3n) is 1.15. The Kier molecular flexibility index (Phi) is 3.04. The lowest BCUT2D eigenvalue weighted by Gasteiger charge is -1.95. The highest BCUT2D eigenvalue weighted by Gasteiger charge is 2.04. The summed E-state index contributed by atoms with van der Waals surface area (Å²) in [6, 6.07) is 3.11. The molecule has 0 aliphatic carbocycles. The Bertz CT molecular complexity index is 273. The molecule has 1 aromatic heterocycles. The fourth-order valence-electron chi connectivity index (χ4n) is 0.659. The van der Waals surface area contributed by atoms with Crippen LogP contribution in [0.2, 0.25) is 0 Å². The van der Waals surface area contributed by atoms with Gasteiger partial charge in [-0.15, -0.1) is 22.0 Å². The van der Waals surface area contributed by atoms with Gasteiger partial charge in [0.05, 0.1) is 0 Å². The molecule has 0 aliphatic rings. The summed E-state index contributed by atoms with van der Waals surface area (Å²) in [6.45, 7) is 2.00. The quantitative estimate of drug-likeness (QED) is 0.717. The largest absolute Gasteiger partial charge is 0.476 e. The van der Waals surface area contributed by atoms with E-state index < -0.39 is 5.97 Å². The van der Waals surface area contributed by atoms with Crippen molar-refractivity contribution in [3.63, 3.8) is 0 Å². The zero-order valence-corrected chi connectivity index (χ0v) is 7.34. The first-order valence-corrected chi connectivity index (χ1v) is 4.42. The standard InChI is InChI=1S/C7H8N2O2S/c1-2-12-6-4-3-5(7(10)11)8-9-6/h3-4H,2H2,1H3,(H,10,11). The first-order chi connectivity index (χ1) is 5.74. The Labute approximate surface area is 74.0 Å². The van der Waals surface area contributed by atoms with Gasteiger partial charge in [0.15, 0.2) is 5.69 Å². The fourth-order valence-corrected chi connectivity index (χ4v) is 1.22. The Morgan fingerprint density at radius 2 is 2.33 bits per heavy atom. The van der Waals surface area contributed by atoms with Gasteiger partial charge in [-0.2, -0.15) is 0 Å². The first kappa shape index (κ1) is 8.99. The minimum absolute atomic E-state index is 0.0181. The van der Waals surface area contributed by atoms with Crippen LogP contribution >= 0.6 is 11.8 Å². The van der Waals surface area contributed by atoms with Gasteiger partial charge in [0.2, 0.25) is 0 Å². The number of aromatic nitrogens is 2. The summed E-state index contributed by atoms with van der Waals surface area (Å²) >= 11 is 1.53. The minimum atomic E-state index is -1.05. The van der Waals surface area contributed by atoms with Gasteiger partial charge < -0.3 is 5.11 Å². The summed E-state index contributed by atoms with van der Waals surface area (Å²) in [5.74, 6) is -0.142. The van der Waals surface area contributed by atoms with Crippen molar-refractivity contribution in [2.75, 3.05) is 5.75 Å². The van der Waals surface area contributed by atoms with E-state index in [2.05, 4.69) is 10.2 Å². The fraction of sp³-hybridized carbons (Fsp3) is 0.286. The molecule has 5 heteroatoms. The van der Waals surface area contributed by atoms with E-state index in [0.29, 0.717) is 0 Å². The van der Waals surface area contributed by atoms with Crippen molar-refractivity contribution in [2.24, 2.45) is 0 Å². The van der Waals surface area contributed by atoms with Gasteiger partial charge in [-0.25, -0.2) is 4.79 Å². The molecule has 0 aromatic carbocycles. The average Bonchev–Trinajstić information content (AvgIpc) is 2.06. The van der Waals surface area contributed by atoms with Gasteiger partial charge in [0, 0.05) is 0 Å². The number of carbonyl (C=O) groups is 1. The summed E-state index contributed by atoms with van der Waals surface area (Å²) in [7, 11) is 0. The third-order valence-corrected chi connectivity index (χ3v) is 1.95. The Balaban J connectivity index is 2.78. The van der Waals surface area contributed by atoms with Gasteiger partial charge in [-0.3, -0.25) is 0 Å². The van der Waals surface area contributed by atoms with Gasteiger partial charge >= 0.3 is 5.97 Å². The highest BCUT2D eigenvalue weighted by atomic mass is 32.2. The number of aromatic carboxylic acids is 1. The van der Waals surface area contributed by atoms with E-state index in [1.54, 1.807) is 6.07 Å².